The maximum Gasteiger partial charge on any atom is 0.238 e. The van der Waals surface area contributed by atoms with Crippen molar-refractivity contribution in [3.63, 3.8) is 0 Å². The molecule has 0 spiro atoms. The van der Waals surface area contributed by atoms with Gasteiger partial charge in [-0.05, 0) is 61.1 Å². The van der Waals surface area contributed by atoms with Gasteiger partial charge in [0.1, 0.15) is 17.5 Å². The Kier molecular flexibility index (Phi) is 5.23. The van der Waals surface area contributed by atoms with Gasteiger partial charge in [-0.25, -0.2) is 4.39 Å². The molecule has 0 fully saturated rings. The van der Waals surface area contributed by atoms with Gasteiger partial charge < -0.3 is 15.0 Å². The maximum absolute atomic E-state index is 13.8. The normalized spacial score (nSPS) is 17.2. The average Bonchev–Trinajstić information content (AvgIpc) is 3.35. The number of halogens is 1. The fourth-order valence-electron chi connectivity index (χ4n) is 4.31. The van der Waals surface area contributed by atoms with Gasteiger partial charge in [0.15, 0.2) is 0 Å². The van der Waals surface area contributed by atoms with E-state index in [0.717, 1.165) is 41.1 Å². The van der Waals surface area contributed by atoms with Crippen molar-refractivity contribution in [2.24, 2.45) is 4.99 Å². The van der Waals surface area contributed by atoms with Crippen molar-refractivity contribution in [3.05, 3.63) is 88.7 Å². The zero-order valence-corrected chi connectivity index (χ0v) is 18.1. The van der Waals surface area contributed by atoms with Crippen LogP contribution in [0, 0.1) is 5.82 Å². The lowest BCUT2D eigenvalue weighted by Gasteiger charge is -2.15. The number of nitrogens with one attached hydrogen (secondary N) is 1. The number of carbonyl (C=O) groups excluding carboxylic acids is 1. The SMILES string of the molecule is CN(C)Cc1ccc(N=C(c2ccc3c(c2)OCC3)C2C(=O)Nc3cc(F)ccc32)cc1. The number of anilines is 1. The van der Waals surface area contributed by atoms with E-state index in [1.807, 2.05) is 56.6 Å². The third-order valence-corrected chi connectivity index (χ3v) is 5.80. The minimum atomic E-state index is -0.633. The molecule has 0 saturated heterocycles. The second-order valence-corrected chi connectivity index (χ2v) is 8.48. The lowest BCUT2D eigenvalue weighted by atomic mass is 9.90. The number of fused-ring (bicyclic) bond motifs is 2. The summed E-state index contributed by atoms with van der Waals surface area (Å²) >= 11 is 0. The van der Waals surface area contributed by atoms with Gasteiger partial charge in [0.25, 0.3) is 0 Å². The van der Waals surface area contributed by atoms with Gasteiger partial charge in [0.2, 0.25) is 5.91 Å². The van der Waals surface area contributed by atoms with Crippen molar-refractivity contribution >= 4 is 23.0 Å². The second kappa shape index (κ2) is 8.20. The zero-order valence-electron chi connectivity index (χ0n) is 18.1. The Morgan fingerprint density at radius 1 is 1.12 bits per heavy atom. The molecule has 162 valence electrons. The second-order valence-electron chi connectivity index (χ2n) is 8.48. The fraction of sp³-hybridized carbons (Fsp3) is 0.231. The highest BCUT2D eigenvalue weighted by molar-refractivity contribution is 6.24. The van der Waals surface area contributed by atoms with E-state index in [-0.39, 0.29) is 11.7 Å². The number of ether oxygens (including phenoxy) is 1. The van der Waals surface area contributed by atoms with Crippen LogP contribution in [0.25, 0.3) is 0 Å². The highest BCUT2D eigenvalue weighted by Crippen LogP contribution is 2.38. The van der Waals surface area contributed by atoms with Crippen LogP contribution in [0.4, 0.5) is 15.8 Å². The standard InChI is InChI=1S/C26H24FN3O2/c1-30(2)15-16-3-8-20(9-4-16)28-25(18-6-5-17-11-12-32-23(17)13-18)24-21-10-7-19(27)14-22(21)29-26(24)31/h3-10,13-14,24H,11-12,15H2,1-2H3,(H,29,31). The molecule has 0 aromatic heterocycles. The highest BCUT2D eigenvalue weighted by atomic mass is 19.1. The lowest BCUT2D eigenvalue weighted by molar-refractivity contribution is -0.115. The predicted octanol–water partition coefficient (Wildman–Crippen LogP) is 4.68. The molecule has 5 nitrogen and oxygen atoms in total. The Labute approximate surface area is 186 Å². The molecule has 1 unspecified atom stereocenters. The van der Waals surface area contributed by atoms with Gasteiger partial charge in [-0.1, -0.05) is 30.3 Å². The molecule has 32 heavy (non-hydrogen) atoms. The van der Waals surface area contributed by atoms with Crippen molar-refractivity contribution in [1.29, 1.82) is 0 Å². The highest BCUT2D eigenvalue weighted by Gasteiger charge is 2.36. The Hall–Kier alpha value is -3.51. The van der Waals surface area contributed by atoms with Crippen molar-refractivity contribution in [3.8, 4) is 5.75 Å². The fourth-order valence-corrected chi connectivity index (χ4v) is 4.31. The molecule has 2 aliphatic rings. The van der Waals surface area contributed by atoms with Crippen LogP contribution in [-0.2, 0) is 17.8 Å². The largest absolute Gasteiger partial charge is 0.493 e. The first-order chi connectivity index (χ1) is 15.5. The van der Waals surface area contributed by atoms with E-state index in [0.29, 0.717) is 18.0 Å². The number of aliphatic imine (C=N–C) groups is 1. The van der Waals surface area contributed by atoms with Crippen LogP contribution in [0.2, 0.25) is 0 Å². The Morgan fingerprint density at radius 3 is 2.72 bits per heavy atom. The third-order valence-electron chi connectivity index (χ3n) is 5.80. The van der Waals surface area contributed by atoms with Crippen molar-refractivity contribution in [2.45, 2.75) is 18.9 Å². The van der Waals surface area contributed by atoms with Gasteiger partial charge in [-0.2, -0.15) is 0 Å². The van der Waals surface area contributed by atoms with E-state index in [4.69, 9.17) is 9.73 Å². The smallest absolute Gasteiger partial charge is 0.238 e. The summed E-state index contributed by atoms with van der Waals surface area (Å²) in [6.07, 6.45) is 0.876. The monoisotopic (exact) mass is 429 g/mol. The van der Waals surface area contributed by atoms with Gasteiger partial charge in [0.05, 0.1) is 18.0 Å². The van der Waals surface area contributed by atoms with E-state index in [1.54, 1.807) is 6.07 Å². The molecule has 0 saturated carbocycles. The van der Waals surface area contributed by atoms with Crippen LogP contribution in [0.15, 0.2) is 65.7 Å². The van der Waals surface area contributed by atoms with Crippen LogP contribution in [-0.4, -0.2) is 37.2 Å². The van der Waals surface area contributed by atoms with E-state index in [2.05, 4.69) is 10.2 Å². The van der Waals surface area contributed by atoms with Crippen molar-refractivity contribution in [2.75, 3.05) is 26.0 Å². The Bertz CT molecular complexity index is 1220. The number of carbonyl (C=O) groups is 1. The Balaban J connectivity index is 1.60. The van der Waals surface area contributed by atoms with Gasteiger partial charge in [0, 0.05) is 24.2 Å². The third kappa shape index (κ3) is 3.89. The first kappa shape index (κ1) is 20.4. The number of benzene rings is 3. The first-order valence-electron chi connectivity index (χ1n) is 10.7. The van der Waals surface area contributed by atoms with Crippen LogP contribution in [0.3, 0.4) is 0 Å². The molecule has 5 rings (SSSR count). The van der Waals surface area contributed by atoms with Crippen LogP contribution < -0.4 is 10.1 Å². The first-order valence-corrected chi connectivity index (χ1v) is 10.7. The topological polar surface area (TPSA) is 53.9 Å². The molecule has 0 aliphatic carbocycles. The molecule has 1 N–H and O–H groups in total. The van der Waals surface area contributed by atoms with Crippen LogP contribution >= 0.6 is 0 Å². The molecule has 6 heteroatoms. The van der Waals surface area contributed by atoms with Gasteiger partial charge in [-0.3, -0.25) is 9.79 Å². The molecule has 1 amide bonds. The average molecular weight is 429 g/mol. The van der Waals surface area contributed by atoms with E-state index in [9.17, 15) is 9.18 Å². The molecule has 0 radical (unpaired) electrons. The van der Waals surface area contributed by atoms with Gasteiger partial charge in [-0.15, -0.1) is 0 Å². The predicted molar refractivity (Wildman–Crippen MR) is 123 cm³/mol. The summed E-state index contributed by atoms with van der Waals surface area (Å²) in [7, 11) is 4.05. The summed E-state index contributed by atoms with van der Waals surface area (Å²) in [5, 5.41) is 2.81. The van der Waals surface area contributed by atoms with E-state index >= 15 is 0 Å². The minimum absolute atomic E-state index is 0.213. The molecule has 2 heterocycles. The molecular weight excluding hydrogens is 405 g/mol. The number of rotatable bonds is 5. The van der Waals surface area contributed by atoms with E-state index in [1.165, 1.54) is 17.7 Å². The lowest BCUT2D eigenvalue weighted by Crippen LogP contribution is -2.22. The summed E-state index contributed by atoms with van der Waals surface area (Å²) in [6, 6.07) is 18.4. The summed E-state index contributed by atoms with van der Waals surface area (Å²) in [6.45, 7) is 1.49. The van der Waals surface area contributed by atoms with Crippen LogP contribution in [0.1, 0.15) is 28.2 Å². The Morgan fingerprint density at radius 2 is 1.94 bits per heavy atom. The molecule has 2 aliphatic heterocycles. The molecule has 0 bridgehead atoms. The number of nitrogens with zero attached hydrogens (tertiary/aromatic N) is 2. The van der Waals surface area contributed by atoms with Gasteiger partial charge >= 0.3 is 0 Å². The zero-order chi connectivity index (χ0) is 22.2. The van der Waals surface area contributed by atoms with Crippen LogP contribution in [0.5, 0.6) is 5.75 Å². The summed E-state index contributed by atoms with van der Waals surface area (Å²) in [4.78, 5) is 20.0. The molecular formula is C26H24FN3O2. The minimum Gasteiger partial charge on any atom is -0.493 e. The van der Waals surface area contributed by atoms with E-state index < -0.39 is 5.92 Å². The van der Waals surface area contributed by atoms with Crippen molar-refractivity contribution < 1.29 is 13.9 Å². The van der Waals surface area contributed by atoms with Crippen molar-refractivity contribution in [1.82, 2.24) is 4.90 Å². The molecule has 1 atom stereocenters. The number of hydrogen-bond donors (Lipinski definition) is 1. The maximum atomic E-state index is 13.8. The molecule has 3 aromatic rings. The summed E-state index contributed by atoms with van der Waals surface area (Å²) in [5.41, 5.74) is 5.74. The summed E-state index contributed by atoms with van der Waals surface area (Å²) < 4.78 is 19.5. The quantitative estimate of drug-likeness (QED) is 0.600. The number of hydrogen-bond acceptors (Lipinski definition) is 4. The molecule has 3 aromatic carbocycles. The summed E-state index contributed by atoms with van der Waals surface area (Å²) in [5.74, 6) is -0.402. The number of amides is 1.